The Kier molecular flexibility index (Phi) is 8.63. The fourth-order valence-electron chi connectivity index (χ4n) is 5.30. The molecule has 6 rings (SSSR count). The van der Waals surface area contributed by atoms with Crippen LogP contribution in [0.1, 0.15) is 58.5 Å². The highest BCUT2D eigenvalue weighted by atomic mass is 79.9. The van der Waals surface area contributed by atoms with Crippen LogP contribution in [-0.2, 0) is 4.74 Å². The van der Waals surface area contributed by atoms with Crippen molar-refractivity contribution in [3.05, 3.63) is 57.7 Å². The molecular formula is C29H36Br2N6O2. The fourth-order valence-corrected chi connectivity index (χ4v) is 6.06. The summed E-state index contributed by atoms with van der Waals surface area (Å²) in [7, 11) is 0. The molecule has 2 aliphatic heterocycles. The Labute approximate surface area is 246 Å². The van der Waals surface area contributed by atoms with Gasteiger partial charge in [0, 0.05) is 32.8 Å². The van der Waals surface area contributed by atoms with Gasteiger partial charge in [-0.15, -0.1) is 0 Å². The second-order valence-corrected chi connectivity index (χ2v) is 13.1. The zero-order valence-corrected chi connectivity index (χ0v) is 25.9. The molecule has 2 aromatic carbocycles. The van der Waals surface area contributed by atoms with Crippen molar-refractivity contribution in [1.29, 1.82) is 0 Å². The summed E-state index contributed by atoms with van der Waals surface area (Å²) in [6, 6.07) is 13.4. The van der Waals surface area contributed by atoms with Crippen LogP contribution < -0.4 is 5.32 Å². The zero-order chi connectivity index (χ0) is 27.6. The minimum Gasteiger partial charge on any atom is -0.444 e. The van der Waals surface area contributed by atoms with Crippen LogP contribution in [0.15, 0.2) is 57.7 Å². The highest BCUT2D eigenvalue weighted by Crippen LogP contribution is 2.29. The fraction of sp³-hybridized carbons (Fsp3) is 0.483. The summed E-state index contributed by atoms with van der Waals surface area (Å²) in [4.78, 5) is 13.9. The number of rotatable bonds is 2. The van der Waals surface area contributed by atoms with Crippen molar-refractivity contribution in [3.8, 4) is 0 Å². The molecule has 2 aliphatic rings. The number of fused-ring (bicyclic) bond motifs is 2. The van der Waals surface area contributed by atoms with Gasteiger partial charge in [0.25, 0.3) is 0 Å². The topological polar surface area (TPSA) is 77.2 Å². The van der Waals surface area contributed by atoms with Crippen molar-refractivity contribution in [2.75, 3.05) is 26.2 Å². The number of hydrogen-bond donors (Lipinski definition) is 1. The number of aromatic nitrogens is 4. The maximum absolute atomic E-state index is 12.1. The quantitative estimate of drug-likeness (QED) is 0.249. The van der Waals surface area contributed by atoms with E-state index in [2.05, 4.69) is 87.1 Å². The normalized spacial score (nSPS) is 17.3. The van der Waals surface area contributed by atoms with Crippen molar-refractivity contribution in [2.45, 2.75) is 64.1 Å². The highest BCUT2D eigenvalue weighted by molar-refractivity contribution is 9.10. The van der Waals surface area contributed by atoms with Crippen LogP contribution >= 0.6 is 31.9 Å². The van der Waals surface area contributed by atoms with Crippen LogP contribution in [0.4, 0.5) is 4.79 Å². The average Bonchev–Trinajstić information content (AvgIpc) is 3.52. The van der Waals surface area contributed by atoms with Crippen LogP contribution in [0.2, 0.25) is 0 Å². The number of nitrogens with one attached hydrogen (secondary N) is 1. The Bertz CT molecular complexity index is 1430. The Hall–Kier alpha value is -2.43. The summed E-state index contributed by atoms with van der Waals surface area (Å²) in [6.45, 7) is 9.29. The number of nitrogens with zero attached hydrogens (tertiary/aromatic N) is 5. The van der Waals surface area contributed by atoms with Gasteiger partial charge in [0.1, 0.15) is 5.60 Å². The van der Waals surface area contributed by atoms with Crippen molar-refractivity contribution in [3.63, 3.8) is 0 Å². The molecule has 0 aliphatic carbocycles. The van der Waals surface area contributed by atoms with Crippen LogP contribution in [0, 0.1) is 0 Å². The molecule has 0 unspecified atom stereocenters. The van der Waals surface area contributed by atoms with Crippen molar-refractivity contribution in [2.24, 2.45) is 0 Å². The Balaban J connectivity index is 0.000000168. The average molecular weight is 660 g/mol. The van der Waals surface area contributed by atoms with E-state index in [0.29, 0.717) is 25.2 Å². The zero-order valence-electron chi connectivity index (χ0n) is 22.7. The minimum atomic E-state index is -0.445. The number of amides is 1. The Morgan fingerprint density at radius 1 is 0.846 bits per heavy atom. The number of carbonyl (C=O) groups excluding carboxylic acids is 1. The van der Waals surface area contributed by atoms with Crippen LogP contribution in [-0.4, -0.2) is 62.3 Å². The summed E-state index contributed by atoms with van der Waals surface area (Å²) in [5.74, 6) is 0. The predicted molar refractivity (Wildman–Crippen MR) is 162 cm³/mol. The third-order valence-electron chi connectivity index (χ3n) is 7.23. The molecule has 0 radical (unpaired) electrons. The van der Waals surface area contributed by atoms with Crippen molar-refractivity contribution < 1.29 is 9.53 Å². The number of hydrogen-bond acceptors (Lipinski definition) is 5. The minimum absolute atomic E-state index is 0.217. The second kappa shape index (κ2) is 12.0. The predicted octanol–water partition coefficient (Wildman–Crippen LogP) is 7.09. The molecule has 0 spiro atoms. The summed E-state index contributed by atoms with van der Waals surface area (Å²) < 4.78 is 11.9. The lowest BCUT2D eigenvalue weighted by Gasteiger charge is -2.33. The van der Waals surface area contributed by atoms with Gasteiger partial charge in [-0.25, -0.2) is 4.79 Å². The molecule has 10 heteroatoms. The van der Waals surface area contributed by atoms with Crippen LogP contribution in [0.5, 0.6) is 0 Å². The molecular weight excluding hydrogens is 624 g/mol. The summed E-state index contributed by atoms with van der Waals surface area (Å²) in [5.41, 5.74) is 1.94. The molecule has 4 heterocycles. The van der Waals surface area contributed by atoms with Gasteiger partial charge < -0.3 is 15.0 Å². The van der Waals surface area contributed by atoms with Gasteiger partial charge in [-0.1, -0.05) is 31.9 Å². The first-order chi connectivity index (χ1) is 18.7. The molecule has 208 valence electrons. The molecule has 1 N–H and O–H groups in total. The first-order valence-electron chi connectivity index (χ1n) is 13.6. The Morgan fingerprint density at radius 2 is 1.33 bits per heavy atom. The lowest BCUT2D eigenvalue weighted by atomic mass is 10.1. The number of likely N-dealkylation sites (tertiary alicyclic amines) is 1. The van der Waals surface area contributed by atoms with E-state index in [1.807, 2.05) is 39.2 Å². The number of ether oxygens (including phenoxy) is 1. The molecule has 0 saturated carbocycles. The van der Waals surface area contributed by atoms with Gasteiger partial charge >= 0.3 is 6.09 Å². The van der Waals surface area contributed by atoms with Crippen molar-refractivity contribution in [1.82, 2.24) is 29.8 Å². The first-order valence-corrected chi connectivity index (χ1v) is 15.2. The largest absolute Gasteiger partial charge is 0.444 e. The van der Waals surface area contributed by atoms with E-state index in [1.54, 1.807) is 4.90 Å². The number of halogens is 2. The van der Waals surface area contributed by atoms with Gasteiger partial charge in [0.05, 0.1) is 35.5 Å². The first kappa shape index (κ1) is 28.1. The van der Waals surface area contributed by atoms with Crippen LogP contribution in [0.25, 0.3) is 21.8 Å². The molecule has 2 saturated heterocycles. The third-order valence-corrected chi connectivity index (χ3v) is 8.22. The van der Waals surface area contributed by atoms with Gasteiger partial charge in [-0.2, -0.15) is 10.2 Å². The molecule has 4 aromatic rings. The van der Waals surface area contributed by atoms with Crippen molar-refractivity contribution >= 4 is 59.8 Å². The molecule has 1 amide bonds. The monoisotopic (exact) mass is 658 g/mol. The molecule has 2 fully saturated rings. The lowest BCUT2D eigenvalue weighted by Crippen LogP contribution is -2.42. The molecule has 2 aromatic heterocycles. The standard InChI is InChI=1S/C17H22BrN3O2.C12H14BrN3/c1-17(2,3)23-16(22)20-8-6-14(7-9-20)21-15-5-4-13(18)10-12(15)11-19-21;13-10-1-2-12-9(7-10)8-15-16(12)11-3-5-14-6-4-11/h4-5,10-11,14H,6-9H2,1-3H3;1-2,7-8,11,14H,3-6H2. The molecule has 8 nitrogen and oxygen atoms in total. The molecule has 0 atom stereocenters. The van der Waals surface area contributed by atoms with Gasteiger partial charge in [-0.3, -0.25) is 9.36 Å². The summed E-state index contributed by atoms with van der Waals surface area (Å²) >= 11 is 6.98. The second-order valence-electron chi connectivity index (χ2n) is 11.3. The maximum Gasteiger partial charge on any atom is 0.410 e. The van der Waals surface area contributed by atoms with E-state index < -0.39 is 5.60 Å². The molecule has 39 heavy (non-hydrogen) atoms. The van der Waals surface area contributed by atoms with E-state index in [1.165, 1.54) is 23.7 Å². The summed E-state index contributed by atoms with van der Waals surface area (Å²) in [5, 5.41) is 14.8. The van der Waals surface area contributed by atoms with E-state index in [0.717, 1.165) is 45.8 Å². The smallest absolute Gasteiger partial charge is 0.410 e. The van der Waals surface area contributed by atoms with Gasteiger partial charge in [0.2, 0.25) is 0 Å². The van der Waals surface area contributed by atoms with Crippen LogP contribution in [0.3, 0.4) is 0 Å². The highest BCUT2D eigenvalue weighted by Gasteiger charge is 2.28. The Morgan fingerprint density at radius 3 is 1.82 bits per heavy atom. The van der Waals surface area contributed by atoms with E-state index in [4.69, 9.17) is 4.74 Å². The maximum atomic E-state index is 12.1. The SMILES string of the molecule is Brc1ccc2c(cnn2C2CCNCC2)c1.CC(C)(C)OC(=O)N1CCC(n2ncc3cc(Br)ccc32)CC1. The molecule has 0 bridgehead atoms. The number of carbonyl (C=O) groups is 1. The van der Waals surface area contributed by atoms with Gasteiger partial charge in [-0.05, 0) is 95.9 Å². The lowest BCUT2D eigenvalue weighted by molar-refractivity contribution is 0.0186. The third kappa shape index (κ3) is 6.84. The summed E-state index contributed by atoms with van der Waals surface area (Å²) in [6.07, 6.45) is 7.78. The number of benzene rings is 2. The number of piperidine rings is 2. The van der Waals surface area contributed by atoms with E-state index in [9.17, 15) is 4.79 Å². The van der Waals surface area contributed by atoms with E-state index in [-0.39, 0.29) is 6.09 Å². The van der Waals surface area contributed by atoms with E-state index >= 15 is 0 Å². The van der Waals surface area contributed by atoms with Gasteiger partial charge in [0.15, 0.2) is 0 Å².